The number of imide groups is 2. The Morgan fingerprint density at radius 1 is 0.909 bits per heavy atom. The van der Waals surface area contributed by atoms with E-state index in [1.807, 2.05) is 39.0 Å². The Balaban J connectivity index is 1.75. The molecule has 2 heterocycles. The molecule has 1 saturated heterocycles. The molecule has 0 spiro atoms. The number of rotatable bonds is 4. The van der Waals surface area contributed by atoms with Gasteiger partial charge in [-0.2, -0.15) is 0 Å². The minimum Gasteiger partial charge on any atom is -0.318 e. The van der Waals surface area contributed by atoms with E-state index in [9.17, 15) is 14.4 Å². The molecule has 33 heavy (non-hydrogen) atoms. The number of carbonyl (C=O) groups is 3. The number of hydrogen-bond acceptors (Lipinski definition) is 3. The van der Waals surface area contributed by atoms with Gasteiger partial charge in [-0.1, -0.05) is 36.8 Å². The summed E-state index contributed by atoms with van der Waals surface area (Å²) in [7, 11) is 0. The lowest BCUT2D eigenvalue weighted by Gasteiger charge is -2.26. The van der Waals surface area contributed by atoms with Crippen LogP contribution in [-0.4, -0.2) is 22.4 Å². The van der Waals surface area contributed by atoms with Gasteiger partial charge < -0.3 is 4.57 Å². The highest BCUT2D eigenvalue weighted by Crippen LogP contribution is 2.27. The van der Waals surface area contributed by atoms with Gasteiger partial charge in [0.15, 0.2) is 0 Å². The molecule has 4 amide bonds. The average Bonchev–Trinajstić information content (AvgIpc) is 3.04. The van der Waals surface area contributed by atoms with Gasteiger partial charge in [0.25, 0.3) is 11.8 Å². The summed E-state index contributed by atoms with van der Waals surface area (Å²) in [6, 6.07) is 14.6. The molecule has 6 nitrogen and oxygen atoms in total. The molecule has 6 heteroatoms. The quantitative estimate of drug-likeness (QED) is 0.460. The van der Waals surface area contributed by atoms with Gasteiger partial charge >= 0.3 is 6.03 Å². The molecule has 1 aliphatic rings. The van der Waals surface area contributed by atoms with E-state index in [2.05, 4.69) is 41.9 Å². The van der Waals surface area contributed by atoms with Gasteiger partial charge in [0, 0.05) is 17.1 Å². The SMILES string of the molecule is CCc1ccc(N2C(=O)NC(=O)/C(=C/c3cc(C)n(-c4ccc(C)cc4C)c3C)C2=O)cc1. The van der Waals surface area contributed by atoms with Crippen LogP contribution in [0.4, 0.5) is 10.5 Å². The monoisotopic (exact) mass is 441 g/mol. The standard InChI is InChI=1S/C27H27N3O3/c1-6-20-8-10-22(11-9-20)30-26(32)23(25(31)28-27(30)33)15-21-14-18(4)29(19(21)5)24-12-7-16(2)13-17(24)3/h7-15H,6H2,1-5H3,(H,28,31,33)/b23-15-. The zero-order valence-corrected chi connectivity index (χ0v) is 19.5. The van der Waals surface area contributed by atoms with Crippen molar-refractivity contribution in [2.45, 2.75) is 41.0 Å². The molecule has 0 aliphatic carbocycles. The topological polar surface area (TPSA) is 71.4 Å². The van der Waals surface area contributed by atoms with Gasteiger partial charge in [-0.05, 0) is 81.1 Å². The molecule has 1 N–H and O–H groups in total. The van der Waals surface area contributed by atoms with E-state index in [-0.39, 0.29) is 5.57 Å². The van der Waals surface area contributed by atoms with Gasteiger partial charge in [0.05, 0.1) is 5.69 Å². The number of carbonyl (C=O) groups excluding carboxylic acids is 3. The van der Waals surface area contributed by atoms with Gasteiger partial charge in [0.2, 0.25) is 0 Å². The van der Waals surface area contributed by atoms with Crippen LogP contribution in [0.1, 0.15) is 40.6 Å². The molecule has 0 radical (unpaired) electrons. The number of nitrogens with one attached hydrogen (secondary N) is 1. The minimum atomic E-state index is -0.743. The number of nitrogens with zero attached hydrogens (tertiary/aromatic N) is 2. The maximum atomic E-state index is 13.2. The summed E-state index contributed by atoms with van der Waals surface area (Å²) in [6.07, 6.45) is 2.42. The summed E-state index contributed by atoms with van der Waals surface area (Å²) < 4.78 is 2.11. The second-order valence-corrected chi connectivity index (χ2v) is 8.43. The highest BCUT2D eigenvalue weighted by Gasteiger charge is 2.37. The lowest BCUT2D eigenvalue weighted by Crippen LogP contribution is -2.54. The average molecular weight is 442 g/mol. The van der Waals surface area contributed by atoms with Crippen LogP contribution in [0.3, 0.4) is 0 Å². The lowest BCUT2D eigenvalue weighted by molar-refractivity contribution is -0.122. The Kier molecular flexibility index (Phi) is 5.77. The minimum absolute atomic E-state index is 0.0740. The van der Waals surface area contributed by atoms with Gasteiger partial charge in [-0.25, -0.2) is 9.69 Å². The molecule has 4 rings (SSSR count). The number of benzene rings is 2. The fourth-order valence-corrected chi connectivity index (χ4v) is 4.29. The molecular formula is C27H27N3O3. The summed E-state index contributed by atoms with van der Waals surface area (Å²) in [5.41, 5.74) is 7.45. The molecule has 0 unspecified atom stereocenters. The largest absolute Gasteiger partial charge is 0.335 e. The van der Waals surface area contributed by atoms with Crippen molar-refractivity contribution >= 4 is 29.6 Å². The van der Waals surface area contributed by atoms with Gasteiger partial charge in [0.1, 0.15) is 5.57 Å². The number of urea groups is 1. The fourth-order valence-electron chi connectivity index (χ4n) is 4.29. The number of hydrogen-bond donors (Lipinski definition) is 1. The van der Waals surface area contributed by atoms with E-state index in [1.165, 1.54) is 5.56 Å². The van der Waals surface area contributed by atoms with Crippen molar-refractivity contribution in [1.29, 1.82) is 0 Å². The van der Waals surface area contributed by atoms with Crippen molar-refractivity contribution in [2.24, 2.45) is 0 Å². The third-order valence-corrected chi connectivity index (χ3v) is 6.07. The van der Waals surface area contributed by atoms with E-state index in [0.717, 1.165) is 45.1 Å². The van der Waals surface area contributed by atoms with Crippen LogP contribution in [0.15, 0.2) is 54.1 Å². The second kappa shape index (κ2) is 8.54. The predicted octanol–water partition coefficient (Wildman–Crippen LogP) is 4.94. The zero-order chi connectivity index (χ0) is 23.9. The molecule has 0 saturated carbocycles. The summed E-state index contributed by atoms with van der Waals surface area (Å²) in [6.45, 7) is 10.1. The molecule has 0 bridgehead atoms. The fraction of sp³-hybridized carbons (Fsp3) is 0.222. The van der Waals surface area contributed by atoms with Crippen LogP contribution in [0.5, 0.6) is 0 Å². The lowest BCUT2D eigenvalue weighted by atomic mass is 10.1. The summed E-state index contributed by atoms with van der Waals surface area (Å²) in [5, 5.41) is 2.30. The van der Waals surface area contributed by atoms with Crippen molar-refractivity contribution in [3.63, 3.8) is 0 Å². The van der Waals surface area contributed by atoms with E-state index in [4.69, 9.17) is 0 Å². The first-order valence-corrected chi connectivity index (χ1v) is 11.0. The Labute approximate surface area is 193 Å². The smallest absolute Gasteiger partial charge is 0.318 e. The van der Waals surface area contributed by atoms with Crippen LogP contribution in [0.25, 0.3) is 11.8 Å². The summed E-state index contributed by atoms with van der Waals surface area (Å²) in [5.74, 6) is -1.33. The van der Waals surface area contributed by atoms with Gasteiger partial charge in [-0.3, -0.25) is 14.9 Å². The van der Waals surface area contributed by atoms with Crippen LogP contribution < -0.4 is 10.2 Å². The Hall–Kier alpha value is -3.93. The molecule has 0 atom stereocenters. The van der Waals surface area contributed by atoms with E-state index in [1.54, 1.807) is 18.2 Å². The number of anilines is 1. The molecule has 3 aromatic rings. The van der Waals surface area contributed by atoms with Gasteiger partial charge in [-0.15, -0.1) is 0 Å². The Bertz CT molecular complexity index is 1310. The van der Waals surface area contributed by atoms with Crippen LogP contribution in [0.2, 0.25) is 0 Å². The van der Waals surface area contributed by atoms with Crippen LogP contribution in [-0.2, 0) is 16.0 Å². The maximum Gasteiger partial charge on any atom is 0.335 e. The first-order valence-electron chi connectivity index (χ1n) is 11.0. The van der Waals surface area contributed by atoms with Crippen molar-refractivity contribution < 1.29 is 14.4 Å². The van der Waals surface area contributed by atoms with Crippen molar-refractivity contribution in [3.05, 3.63) is 87.7 Å². The Morgan fingerprint density at radius 3 is 2.24 bits per heavy atom. The number of barbiturate groups is 1. The van der Waals surface area contributed by atoms with E-state index in [0.29, 0.717) is 5.69 Å². The summed E-state index contributed by atoms with van der Waals surface area (Å²) >= 11 is 0. The number of aromatic nitrogens is 1. The van der Waals surface area contributed by atoms with Crippen molar-refractivity contribution in [3.8, 4) is 5.69 Å². The van der Waals surface area contributed by atoms with Crippen molar-refractivity contribution in [1.82, 2.24) is 9.88 Å². The maximum absolute atomic E-state index is 13.2. The number of aryl methyl sites for hydroxylation is 4. The third-order valence-electron chi connectivity index (χ3n) is 6.07. The molecule has 2 aromatic carbocycles. The molecule has 168 valence electrons. The van der Waals surface area contributed by atoms with E-state index < -0.39 is 17.8 Å². The van der Waals surface area contributed by atoms with Crippen LogP contribution >= 0.6 is 0 Å². The second-order valence-electron chi connectivity index (χ2n) is 8.43. The Morgan fingerprint density at radius 2 is 1.61 bits per heavy atom. The predicted molar refractivity (Wildman–Crippen MR) is 130 cm³/mol. The normalized spacial score (nSPS) is 15.4. The highest BCUT2D eigenvalue weighted by molar-refractivity contribution is 6.39. The molecule has 1 aromatic heterocycles. The van der Waals surface area contributed by atoms with Crippen LogP contribution in [0, 0.1) is 27.7 Å². The third kappa shape index (κ3) is 4.00. The highest BCUT2D eigenvalue weighted by atomic mass is 16.2. The zero-order valence-electron chi connectivity index (χ0n) is 19.5. The van der Waals surface area contributed by atoms with E-state index >= 15 is 0 Å². The number of amides is 4. The molecular weight excluding hydrogens is 414 g/mol. The first kappa shape index (κ1) is 22.3. The first-order chi connectivity index (χ1) is 15.7. The summed E-state index contributed by atoms with van der Waals surface area (Å²) in [4.78, 5) is 39.3. The molecule has 1 fully saturated rings. The van der Waals surface area contributed by atoms with Crippen molar-refractivity contribution in [2.75, 3.05) is 4.90 Å². The molecule has 1 aliphatic heterocycles.